The third-order valence-electron chi connectivity index (χ3n) is 4.63. The van der Waals surface area contributed by atoms with Gasteiger partial charge in [0.25, 0.3) is 0 Å². The molecule has 0 spiro atoms. The number of Topliss-reactive ketones (excluding diaryl/α,β-unsaturated/α-hetero) is 1. The lowest BCUT2D eigenvalue weighted by Gasteiger charge is -2.16. The van der Waals surface area contributed by atoms with Gasteiger partial charge in [0.1, 0.15) is 11.5 Å². The minimum Gasteiger partial charge on any atom is -0.428 e. The molecule has 0 radical (unpaired) electrons. The van der Waals surface area contributed by atoms with E-state index in [2.05, 4.69) is 9.47 Å². The molecule has 2 aromatic rings. The number of carbonyl (C=O) groups is 1. The SMILES string of the molecule is O=C1C(=Cc2ccc(OC(F)=C(F)F)cc2)CCCC1=Cc1ccc(OC(F)=C(F)F)cc1. The summed E-state index contributed by atoms with van der Waals surface area (Å²) in [6, 6.07) is 7.26. The average Bonchev–Trinajstić information content (AvgIpc) is 2.78. The summed E-state index contributed by atoms with van der Waals surface area (Å²) in [5, 5.41) is 0. The minimum atomic E-state index is -2.56. The number of ether oxygens (including phenoxy) is 2. The van der Waals surface area contributed by atoms with Crippen molar-refractivity contribution >= 4 is 17.9 Å². The fourth-order valence-electron chi connectivity index (χ4n) is 3.13. The van der Waals surface area contributed by atoms with Crippen molar-refractivity contribution in [1.82, 2.24) is 0 Å². The molecule has 0 atom stereocenters. The van der Waals surface area contributed by atoms with Gasteiger partial charge in [-0.25, -0.2) is 0 Å². The third-order valence-corrected chi connectivity index (χ3v) is 4.63. The smallest absolute Gasteiger partial charge is 0.344 e. The minimum absolute atomic E-state index is 0.116. The predicted octanol–water partition coefficient (Wildman–Crippen LogP) is 7.73. The molecule has 1 fully saturated rings. The number of hydrogen-bond donors (Lipinski definition) is 0. The second-order valence-corrected chi connectivity index (χ2v) is 6.93. The maximum Gasteiger partial charge on any atom is 0.344 e. The van der Waals surface area contributed by atoms with Gasteiger partial charge in [0.05, 0.1) is 0 Å². The van der Waals surface area contributed by atoms with Crippen LogP contribution in [0.2, 0.25) is 0 Å². The molecule has 33 heavy (non-hydrogen) atoms. The van der Waals surface area contributed by atoms with E-state index in [0.717, 1.165) is 0 Å². The summed E-state index contributed by atoms with van der Waals surface area (Å²) in [5.41, 5.74) is 2.28. The van der Waals surface area contributed by atoms with Gasteiger partial charge >= 0.3 is 24.2 Å². The molecule has 0 saturated heterocycles. The van der Waals surface area contributed by atoms with Gasteiger partial charge in [0.2, 0.25) is 0 Å². The van der Waals surface area contributed by atoms with Crippen molar-refractivity contribution < 1.29 is 40.6 Å². The van der Waals surface area contributed by atoms with E-state index in [-0.39, 0.29) is 17.3 Å². The van der Waals surface area contributed by atoms with Gasteiger partial charge in [-0.1, -0.05) is 24.3 Å². The van der Waals surface area contributed by atoms with Crippen LogP contribution in [0.4, 0.5) is 26.3 Å². The molecular weight excluding hydrogens is 450 g/mol. The van der Waals surface area contributed by atoms with Gasteiger partial charge in [0.15, 0.2) is 5.78 Å². The van der Waals surface area contributed by atoms with Crippen LogP contribution in [0.15, 0.2) is 83.9 Å². The fourth-order valence-corrected chi connectivity index (χ4v) is 3.13. The Labute approximate surface area is 184 Å². The van der Waals surface area contributed by atoms with Crippen LogP contribution in [0.25, 0.3) is 12.2 Å². The lowest BCUT2D eigenvalue weighted by Crippen LogP contribution is -2.12. The van der Waals surface area contributed by atoms with Gasteiger partial charge in [-0.05, 0) is 66.8 Å². The normalized spacial score (nSPS) is 16.0. The molecule has 172 valence electrons. The molecule has 2 aromatic carbocycles. The molecule has 1 aliphatic rings. The highest BCUT2D eigenvalue weighted by atomic mass is 19.3. The molecule has 0 amide bonds. The summed E-state index contributed by atoms with van der Waals surface area (Å²) >= 11 is 0. The highest BCUT2D eigenvalue weighted by molar-refractivity contribution is 6.13. The van der Waals surface area contributed by atoms with Gasteiger partial charge in [0, 0.05) is 11.1 Å². The van der Waals surface area contributed by atoms with Crippen LogP contribution in [0, 0.1) is 0 Å². The molecule has 0 bridgehead atoms. The first kappa shape index (κ1) is 23.9. The Balaban J connectivity index is 1.73. The first-order valence-corrected chi connectivity index (χ1v) is 9.66. The van der Waals surface area contributed by atoms with Crippen molar-refractivity contribution in [3.63, 3.8) is 0 Å². The van der Waals surface area contributed by atoms with E-state index in [0.29, 0.717) is 41.5 Å². The highest BCUT2D eigenvalue weighted by Gasteiger charge is 2.20. The number of hydrogen-bond acceptors (Lipinski definition) is 3. The molecule has 1 saturated carbocycles. The van der Waals surface area contributed by atoms with Crippen molar-refractivity contribution in [2.24, 2.45) is 0 Å². The van der Waals surface area contributed by atoms with Crippen molar-refractivity contribution in [3.05, 3.63) is 95.0 Å². The second-order valence-electron chi connectivity index (χ2n) is 6.93. The van der Waals surface area contributed by atoms with E-state index < -0.39 is 24.2 Å². The van der Waals surface area contributed by atoms with Crippen LogP contribution in [-0.4, -0.2) is 5.78 Å². The van der Waals surface area contributed by atoms with Crippen LogP contribution < -0.4 is 9.47 Å². The zero-order chi connectivity index (χ0) is 24.0. The van der Waals surface area contributed by atoms with Crippen molar-refractivity contribution in [2.45, 2.75) is 19.3 Å². The average molecular weight is 466 g/mol. The zero-order valence-corrected chi connectivity index (χ0v) is 16.9. The first-order chi connectivity index (χ1) is 15.7. The molecule has 0 heterocycles. The lowest BCUT2D eigenvalue weighted by molar-refractivity contribution is -0.112. The van der Waals surface area contributed by atoms with Crippen molar-refractivity contribution in [3.8, 4) is 11.5 Å². The number of halogens is 6. The largest absolute Gasteiger partial charge is 0.428 e. The molecule has 0 aromatic heterocycles. The van der Waals surface area contributed by atoms with Crippen molar-refractivity contribution in [2.75, 3.05) is 0 Å². The summed E-state index contributed by atoms with van der Waals surface area (Å²) in [7, 11) is 0. The van der Waals surface area contributed by atoms with Gasteiger partial charge in [-0.3, -0.25) is 4.79 Å². The van der Waals surface area contributed by atoms with Crippen LogP contribution in [0.1, 0.15) is 30.4 Å². The van der Waals surface area contributed by atoms with Crippen LogP contribution in [0.3, 0.4) is 0 Å². The van der Waals surface area contributed by atoms with E-state index in [4.69, 9.17) is 0 Å². The molecule has 9 heteroatoms. The summed E-state index contributed by atoms with van der Waals surface area (Å²) in [6.45, 7) is 0. The summed E-state index contributed by atoms with van der Waals surface area (Å²) in [6.07, 6.45) is -0.0418. The monoisotopic (exact) mass is 466 g/mol. The Kier molecular flexibility index (Phi) is 7.76. The van der Waals surface area contributed by atoms with Crippen LogP contribution >= 0.6 is 0 Å². The van der Waals surface area contributed by atoms with E-state index in [1.807, 2.05) is 0 Å². The maximum absolute atomic E-state index is 12.9. The van der Waals surface area contributed by atoms with E-state index in [1.54, 1.807) is 12.2 Å². The van der Waals surface area contributed by atoms with Crippen LogP contribution in [0.5, 0.6) is 11.5 Å². The van der Waals surface area contributed by atoms with Gasteiger partial charge in [-0.15, -0.1) is 0 Å². The third kappa shape index (κ3) is 6.61. The Morgan fingerprint density at radius 3 is 1.33 bits per heavy atom. The zero-order valence-electron chi connectivity index (χ0n) is 16.9. The van der Waals surface area contributed by atoms with E-state index >= 15 is 0 Å². The van der Waals surface area contributed by atoms with E-state index in [1.165, 1.54) is 48.5 Å². The molecule has 0 unspecified atom stereocenters. The van der Waals surface area contributed by atoms with Gasteiger partial charge in [-0.2, -0.15) is 26.3 Å². The molecule has 1 aliphatic carbocycles. The molecule has 3 rings (SSSR count). The number of carbonyl (C=O) groups excluding carboxylic acids is 1. The van der Waals surface area contributed by atoms with E-state index in [9.17, 15) is 31.1 Å². The Bertz CT molecular complexity index is 1050. The summed E-state index contributed by atoms with van der Waals surface area (Å²) in [4.78, 5) is 12.8. The Hall–Kier alpha value is -3.75. The number of ketones is 1. The number of allylic oxidation sites excluding steroid dienone is 2. The fraction of sp³-hybridized carbons (Fsp3) is 0.125. The Morgan fingerprint density at radius 2 is 1.00 bits per heavy atom. The lowest BCUT2D eigenvalue weighted by atomic mass is 9.87. The standard InChI is InChI=1S/C24H16F6O3/c25-21(26)23(29)32-18-8-4-14(5-9-18)12-16-2-1-3-17(20(16)31)13-15-6-10-19(11-7-15)33-24(30)22(27)28/h4-13H,1-3H2. The van der Waals surface area contributed by atoms with Crippen molar-refractivity contribution in [1.29, 1.82) is 0 Å². The number of benzene rings is 2. The second kappa shape index (κ2) is 10.7. The van der Waals surface area contributed by atoms with Crippen LogP contribution in [-0.2, 0) is 4.79 Å². The first-order valence-electron chi connectivity index (χ1n) is 9.66. The molecule has 3 nitrogen and oxygen atoms in total. The Morgan fingerprint density at radius 1 is 0.636 bits per heavy atom. The topological polar surface area (TPSA) is 35.5 Å². The number of rotatable bonds is 6. The summed E-state index contributed by atoms with van der Waals surface area (Å²) < 4.78 is 82.9. The molecular formula is C24H16F6O3. The van der Waals surface area contributed by atoms with Gasteiger partial charge < -0.3 is 9.47 Å². The summed E-state index contributed by atoms with van der Waals surface area (Å²) in [5.74, 6) is -0.408. The maximum atomic E-state index is 12.9. The molecule has 0 N–H and O–H groups in total. The quantitative estimate of drug-likeness (QED) is 0.248. The molecule has 0 aliphatic heterocycles. The highest BCUT2D eigenvalue weighted by Crippen LogP contribution is 2.29. The predicted molar refractivity (Wildman–Crippen MR) is 110 cm³/mol.